The lowest BCUT2D eigenvalue weighted by Crippen LogP contribution is -2.13. The summed E-state index contributed by atoms with van der Waals surface area (Å²) in [6.45, 7) is 6.59. The van der Waals surface area contributed by atoms with Gasteiger partial charge in [-0.15, -0.1) is 0 Å². The zero-order chi connectivity index (χ0) is 13.9. The van der Waals surface area contributed by atoms with Crippen molar-refractivity contribution in [2.75, 3.05) is 13.2 Å². The highest BCUT2D eigenvalue weighted by Gasteiger charge is 2.01. The van der Waals surface area contributed by atoms with Gasteiger partial charge in [0, 0.05) is 24.4 Å². The maximum absolute atomic E-state index is 11.1. The Balaban J connectivity index is 2.05. The third-order valence-electron chi connectivity index (χ3n) is 2.39. The first-order valence-electron chi connectivity index (χ1n) is 6.36. The molecule has 0 aliphatic rings. The number of esters is 1. The summed E-state index contributed by atoms with van der Waals surface area (Å²) in [6.07, 6.45) is 5.37. The summed E-state index contributed by atoms with van der Waals surface area (Å²) in [4.78, 5) is 20.3. The first-order valence-corrected chi connectivity index (χ1v) is 6.36. The molecule has 5 heteroatoms. The molecule has 0 radical (unpaired) electrons. The fraction of sp³-hybridized carbons (Fsp3) is 0.429. The molecule has 1 rings (SSSR count). The molecule has 0 amide bonds. The van der Waals surface area contributed by atoms with Gasteiger partial charge < -0.3 is 4.74 Å². The van der Waals surface area contributed by atoms with Crippen molar-refractivity contribution in [3.8, 4) is 0 Å². The number of carbonyl (C=O) groups is 1. The van der Waals surface area contributed by atoms with Crippen molar-refractivity contribution in [3.05, 3.63) is 36.7 Å². The predicted molar refractivity (Wildman–Crippen MR) is 72.8 cm³/mol. The number of carbonyl (C=O) groups excluding carboxylic acids is 1. The van der Waals surface area contributed by atoms with Crippen molar-refractivity contribution >= 4 is 11.7 Å². The Morgan fingerprint density at radius 1 is 1.47 bits per heavy atom. The second kappa shape index (κ2) is 9.10. The molecule has 0 aromatic carbocycles. The number of aromatic nitrogens is 1. The quantitative estimate of drug-likeness (QED) is 0.421. The molecule has 5 nitrogen and oxygen atoms in total. The number of hydrogen-bond donors (Lipinski definition) is 1. The van der Waals surface area contributed by atoms with Crippen molar-refractivity contribution in [1.29, 1.82) is 0 Å². The van der Waals surface area contributed by atoms with Crippen molar-refractivity contribution in [2.45, 2.75) is 26.2 Å². The lowest BCUT2D eigenvalue weighted by atomic mass is 10.2. The number of nitrogens with one attached hydrogen (secondary N) is 1. The molecular formula is C14H20N2O3. The van der Waals surface area contributed by atoms with Crippen LogP contribution in [0.1, 0.15) is 31.7 Å². The summed E-state index contributed by atoms with van der Waals surface area (Å²) in [5.74, 6) is -0.157. The van der Waals surface area contributed by atoms with Crippen LogP contribution < -0.4 is 5.48 Å². The van der Waals surface area contributed by atoms with Gasteiger partial charge in [-0.1, -0.05) is 6.58 Å². The van der Waals surface area contributed by atoms with Gasteiger partial charge in [0.1, 0.15) is 0 Å². The van der Waals surface area contributed by atoms with Crippen LogP contribution in [0.3, 0.4) is 0 Å². The fourth-order valence-corrected chi connectivity index (χ4v) is 1.42. The average molecular weight is 264 g/mol. The van der Waals surface area contributed by atoms with Gasteiger partial charge in [-0.05, 0) is 31.9 Å². The lowest BCUT2D eigenvalue weighted by molar-refractivity contribution is -0.143. The zero-order valence-corrected chi connectivity index (χ0v) is 11.2. The SMILES string of the molecule is C=C(NOCCCCC(=O)OCC)c1cccnc1. The van der Waals surface area contributed by atoms with Crippen LogP contribution in [0.5, 0.6) is 0 Å². The van der Waals surface area contributed by atoms with Crippen molar-refractivity contribution in [2.24, 2.45) is 0 Å². The van der Waals surface area contributed by atoms with Gasteiger partial charge in [-0.25, -0.2) is 0 Å². The first-order chi connectivity index (χ1) is 9.24. The summed E-state index contributed by atoms with van der Waals surface area (Å²) in [5.41, 5.74) is 4.31. The van der Waals surface area contributed by atoms with Crippen LogP contribution in [0.4, 0.5) is 0 Å². The molecule has 0 unspecified atom stereocenters. The summed E-state index contributed by atoms with van der Waals surface area (Å²) >= 11 is 0. The van der Waals surface area contributed by atoms with E-state index in [9.17, 15) is 4.79 Å². The number of hydroxylamine groups is 1. The molecule has 0 bridgehead atoms. The smallest absolute Gasteiger partial charge is 0.305 e. The van der Waals surface area contributed by atoms with Crippen LogP contribution in [0, 0.1) is 0 Å². The molecule has 0 spiro atoms. The van der Waals surface area contributed by atoms with Crippen LogP contribution in [-0.2, 0) is 14.4 Å². The van der Waals surface area contributed by atoms with E-state index in [4.69, 9.17) is 9.57 Å². The molecule has 1 aromatic heterocycles. The van der Waals surface area contributed by atoms with Gasteiger partial charge in [0.05, 0.1) is 18.9 Å². The molecule has 19 heavy (non-hydrogen) atoms. The summed E-state index contributed by atoms with van der Waals surface area (Å²) in [7, 11) is 0. The normalized spacial score (nSPS) is 9.95. The molecule has 104 valence electrons. The Hall–Kier alpha value is -1.88. The minimum absolute atomic E-state index is 0.157. The molecule has 0 saturated heterocycles. The third-order valence-corrected chi connectivity index (χ3v) is 2.39. The van der Waals surface area contributed by atoms with Gasteiger partial charge in [0.2, 0.25) is 0 Å². The van der Waals surface area contributed by atoms with E-state index in [-0.39, 0.29) is 5.97 Å². The minimum Gasteiger partial charge on any atom is -0.466 e. The van der Waals surface area contributed by atoms with Crippen LogP contribution >= 0.6 is 0 Å². The monoisotopic (exact) mass is 264 g/mol. The minimum atomic E-state index is -0.157. The van der Waals surface area contributed by atoms with E-state index in [0.29, 0.717) is 25.3 Å². The molecule has 0 aliphatic carbocycles. The third kappa shape index (κ3) is 6.57. The van der Waals surface area contributed by atoms with Gasteiger partial charge in [0.25, 0.3) is 0 Å². The van der Waals surface area contributed by atoms with Gasteiger partial charge in [0.15, 0.2) is 0 Å². The van der Waals surface area contributed by atoms with Crippen molar-refractivity contribution in [1.82, 2.24) is 10.5 Å². The average Bonchev–Trinajstić information content (AvgIpc) is 2.43. The Labute approximate surface area is 113 Å². The number of nitrogens with zero attached hydrogens (tertiary/aromatic N) is 1. The number of rotatable bonds is 9. The van der Waals surface area contributed by atoms with Gasteiger partial charge >= 0.3 is 5.97 Å². The highest BCUT2D eigenvalue weighted by molar-refractivity contribution is 5.69. The van der Waals surface area contributed by atoms with E-state index in [1.165, 1.54) is 0 Å². The molecule has 1 aromatic rings. The summed E-state index contributed by atoms with van der Waals surface area (Å²) < 4.78 is 4.83. The Morgan fingerprint density at radius 3 is 3.00 bits per heavy atom. The standard InChI is InChI=1S/C14H20N2O3/c1-3-18-14(17)8-4-5-10-19-16-12(2)13-7-6-9-15-11-13/h6-7,9,11,16H,2-5,8,10H2,1H3. The maximum Gasteiger partial charge on any atom is 0.305 e. The van der Waals surface area contributed by atoms with E-state index in [2.05, 4.69) is 17.0 Å². The number of pyridine rings is 1. The number of unbranched alkanes of at least 4 members (excludes halogenated alkanes) is 1. The molecule has 0 fully saturated rings. The Kier molecular flexibility index (Phi) is 7.27. The lowest BCUT2D eigenvalue weighted by Gasteiger charge is -2.09. The molecule has 0 atom stereocenters. The predicted octanol–water partition coefficient (Wildman–Crippen LogP) is 2.31. The van der Waals surface area contributed by atoms with E-state index in [0.717, 1.165) is 18.4 Å². The molecule has 1 heterocycles. The Morgan fingerprint density at radius 2 is 2.32 bits per heavy atom. The summed E-state index contributed by atoms with van der Waals surface area (Å²) in [6, 6.07) is 3.73. The Bertz CT molecular complexity index is 393. The first kappa shape index (κ1) is 15.2. The highest BCUT2D eigenvalue weighted by Crippen LogP contribution is 2.06. The second-order valence-corrected chi connectivity index (χ2v) is 3.93. The zero-order valence-electron chi connectivity index (χ0n) is 11.2. The molecule has 0 saturated carbocycles. The topological polar surface area (TPSA) is 60.5 Å². The largest absolute Gasteiger partial charge is 0.466 e. The second-order valence-electron chi connectivity index (χ2n) is 3.93. The van der Waals surface area contributed by atoms with Gasteiger partial charge in [-0.2, -0.15) is 0 Å². The van der Waals surface area contributed by atoms with Crippen LogP contribution in [0.25, 0.3) is 5.70 Å². The van der Waals surface area contributed by atoms with Crippen LogP contribution in [0.15, 0.2) is 31.1 Å². The fourth-order valence-electron chi connectivity index (χ4n) is 1.42. The van der Waals surface area contributed by atoms with Crippen molar-refractivity contribution < 1.29 is 14.4 Å². The number of hydrogen-bond acceptors (Lipinski definition) is 5. The van der Waals surface area contributed by atoms with Crippen LogP contribution in [0.2, 0.25) is 0 Å². The highest BCUT2D eigenvalue weighted by atomic mass is 16.6. The summed E-state index contributed by atoms with van der Waals surface area (Å²) in [5, 5.41) is 0. The number of ether oxygens (including phenoxy) is 1. The van der Waals surface area contributed by atoms with Gasteiger partial charge in [-0.3, -0.25) is 20.1 Å². The molecule has 0 aliphatic heterocycles. The van der Waals surface area contributed by atoms with Crippen molar-refractivity contribution in [3.63, 3.8) is 0 Å². The molecule has 1 N–H and O–H groups in total. The maximum atomic E-state index is 11.1. The van der Waals surface area contributed by atoms with E-state index in [1.807, 2.05) is 12.1 Å². The van der Waals surface area contributed by atoms with E-state index < -0.39 is 0 Å². The van der Waals surface area contributed by atoms with E-state index >= 15 is 0 Å². The molecular weight excluding hydrogens is 244 g/mol. The van der Waals surface area contributed by atoms with E-state index in [1.54, 1.807) is 19.3 Å². The van der Waals surface area contributed by atoms with Crippen LogP contribution in [-0.4, -0.2) is 24.2 Å².